The van der Waals surface area contributed by atoms with Gasteiger partial charge in [-0.1, -0.05) is 35.3 Å². The standard InChI is InChI=1S/C19H14Cl2N4O2/c20-13-5-14(21)7-15(6-13)25-17(26)19(24-18(25)27)10-23-9-16(19)12-3-1-11(8-22)2-4-12/h1-7,16,23H,9-10H2,(H,24,27)/t16-,19?/m0/s1. The molecule has 6 nitrogen and oxygen atoms in total. The van der Waals surface area contributed by atoms with Crippen LogP contribution in [0.1, 0.15) is 17.0 Å². The van der Waals surface area contributed by atoms with Gasteiger partial charge in [0.15, 0.2) is 0 Å². The number of imide groups is 1. The number of rotatable bonds is 2. The molecule has 27 heavy (non-hydrogen) atoms. The number of halogens is 2. The minimum absolute atomic E-state index is 0.263. The summed E-state index contributed by atoms with van der Waals surface area (Å²) in [7, 11) is 0. The summed E-state index contributed by atoms with van der Waals surface area (Å²) >= 11 is 12.1. The molecule has 0 radical (unpaired) electrons. The highest BCUT2D eigenvalue weighted by Crippen LogP contribution is 2.39. The van der Waals surface area contributed by atoms with Gasteiger partial charge >= 0.3 is 6.03 Å². The van der Waals surface area contributed by atoms with E-state index in [1.807, 2.05) is 12.1 Å². The number of carbonyl (C=O) groups is 2. The number of hydrogen-bond acceptors (Lipinski definition) is 4. The lowest BCUT2D eigenvalue weighted by Crippen LogP contribution is -2.52. The Morgan fingerprint density at radius 3 is 2.41 bits per heavy atom. The van der Waals surface area contributed by atoms with Gasteiger partial charge in [0.2, 0.25) is 0 Å². The zero-order valence-electron chi connectivity index (χ0n) is 14.0. The van der Waals surface area contributed by atoms with Crippen molar-refractivity contribution in [1.29, 1.82) is 5.26 Å². The summed E-state index contributed by atoms with van der Waals surface area (Å²) < 4.78 is 0. The number of anilines is 1. The molecule has 2 N–H and O–H groups in total. The molecule has 2 aromatic carbocycles. The van der Waals surface area contributed by atoms with Crippen molar-refractivity contribution in [3.63, 3.8) is 0 Å². The minimum atomic E-state index is -1.10. The van der Waals surface area contributed by atoms with E-state index in [1.165, 1.54) is 18.2 Å². The molecule has 2 aromatic rings. The average molecular weight is 401 g/mol. The monoisotopic (exact) mass is 400 g/mol. The van der Waals surface area contributed by atoms with Crippen LogP contribution in [0.25, 0.3) is 0 Å². The van der Waals surface area contributed by atoms with Gasteiger partial charge in [0.1, 0.15) is 5.54 Å². The van der Waals surface area contributed by atoms with Gasteiger partial charge in [-0.25, -0.2) is 9.69 Å². The summed E-state index contributed by atoms with van der Waals surface area (Å²) in [6.07, 6.45) is 0. The number of amides is 3. The molecule has 0 aromatic heterocycles. The van der Waals surface area contributed by atoms with Crippen LogP contribution in [0.15, 0.2) is 42.5 Å². The molecule has 2 aliphatic heterocycles. The maximum Gasteiger partial charge on any atom is 0.329 e. The third kappa shape index (κ3) is 2.85. The summed E-state index contributed by atoms with van der Waals surface area (Å²) in [6, 6.07) is 13.2. The van der Waals surface area contributed by atoms with Crippen molar-refractivity contribution in [2.24, 2.45) is 0 Å². The quantitative estimate of drug-likeness (QED) is 0.758. The minimum Gasteiger partial charge on any atom is -0.321 e. The molecule has 8 heteroatoms. The van der Waals surface area contributed by atoms with E-state index in [0.29, 0.717) is 34.4 Å². The Balaban J connectivity index is 1.73. The summed E-state index contributed by atoms with van der Waals surface area (Å²) in [6.45, 7) is 0.842. The Labute approximate surface area is 165 Å². The van der Waals surface area contributed by atoms with Crippen molar-refractivity contribution in [1.82, 2.24) is 10.6 Å². The number of nitriles is 1. The van der Waals surface area contributed by atoms with E-state index in [0.717, 1.165) is 10.5 Å². The van der Waals surface area contributed by atoms with Crippen LogP contribution in [0.3, 0.4) is 0 Å². The summed E-state index contributed by atoms with van der Waals surface area (Å²) in [5.74, 6) is -0.619. The fraction of sp³-hybridized carbons (Fsp3) is 0.211. The lowest BCUT2D eigenvalue weighted by atomic mass is 9.81. The Hall–Kier alpha value is -2.59. The zero-order chi connectivity index (χ0) is 19.2. The van der Waals surface area contributed by atoms with Gasteiger partial charge in [-0.15, -0.1) is 0 Å². The maximum absolute atomic E-state index is 13.3. The third-order valence-electron chi connectivity index (χ3n) is 5.01. The van der Waals surface area contributed by atoms with E-state index in [2.05, 4.69) is 16.7 Å². The Morgan fingerprint density at radius 2 is 1.78 bits per heavy atom. The molecule has 0 aliphatic carbocycles. The second-order valence-electron chi connectivity index (χ2n) is 6.59. The van der Waals surface area contributed by atoms with Gasteiger partial charge in [0.05, 0.1) is 17.3 Å². The van der Waals surface area contributed by atoms with E-state index in [1.54, 1.807) is 12.1 Å². The largest absolute Gasteiger partial charge is 0.329 e. The van der Waals surface area contributed by atoms with E-state index in [9.17, 15) is 9.59 Å². The van der Waals surface area contributed by atoms with Crippen LogP contribution in [0, 0.1) is 11.3 Å². The fourth-order valence-electron chi connectivity index (χ4n) is 3.75. The molecular weight excluding hydrogens is 387 g/mol. The first-order valence-corrected chi connectivity index (χ1v) is 9.04. The molecule has 2 saturated heterocycles. The SMILES string of the molecule is N#Cc1ccc([C@@H]2CNCC23NC(=O)N(c2cc(Cl)cc(Cl)c2)C3=O)cc1. The van der Waals surface area contributed by atoms with Crippen molar-refractivity contribution in [2.45, 2.75) is 11.5 Å². The predicted octanol–water partition coefficient (Wildman–Crippen LogP) is 3.05. The number of carbonyl (C=O) groups excluding carboxylic acids is 2. The predicted molar refractivity (Wildman–Crippen MR) is 102 cm³/mol. The van der Waals surface area contributed by atoms with E-state index < -0.39 is 11.6 Å². The number of nitrogens with one attached hydrogen (secondary N) is 2. The Kier molecular flexibility index (Phi) is 4.31. The average Bonchev–Trinajstić information content (AvgIpc) is 3.16. The van der Waals surface area contributed by atoms with Crippen LogP contribution < -0.4 is 15.5 Å². The van der Waals surface area contributed by atoms with Gasteiger partial charge < -0.3 is 10.6 Å². The summed E-state index contributed by atoms with van der Waals surface area (Å²) in [5.41, 5.74) is 0.645. The molecule has 4 rings (SSSR count). The van der Waals surface area contributed by atoms with E-state index in [4.69, 9.17) is 28.5 Å². The van der Waals surface area contributed by atoms with Gasteiger partial charge in [-0.2, -0.15) is 5.26 Å². The van der Waals surface area contributed by atoms with Gasteiger partial charge in [-0.05, 0) is 35.9 Å². The van der Waals surface area contributed by atoms with Crippen molar-refractivity contribution in [2.75, 3.05) is 18.0 Å². The van der Waals surface area contributed by atoms with Crippen LogP contribution in [0.5, 0.6) is 0 Å². The van der Waals surface area contributed by atoms with Crippen molar-refractivity contribution in [3.05, 3.63) is 63.6 Å². The molecule has 2 aliphatic rings. The molecule has 1 spiro atoms. The Morgan fingerprint density at radius 1 is 1.11 bits per heavy atom. The zero-order valence-corrected chi connectivity index (χ0v) is 15.5. The summed E-state index contributed by atoms with van der Waals surface area (Å²) in [4.78, 5) is 27.1. The molecule has 3 amide bonds. The number of hydrogen-bond donors (Lipinski definition) is 2. The Bertz CT molecular complexity index is 966. The number of benzene rings is 2. The third-order valence-corrected chi connectivity index (χ3v) is 5.45. The highest BCUT2D eigenvalue weighted by atomic mass is 35.5. The fourth-order valence-corrected chi connectivity index (χ4v) is 4.27. The number of nitrogens with zero attached hydrogens (tertiary/aromatic N) is 2. The van der Waals surface area contributed by atoms with Crippen molar-refractivity contribution in [3.8, 4) is 6.07 Å². The van der Waals surface area contributed by atoms with Gasteiger partial charge in [0.25, 0.3) is 5.91 Å². The lowest BCUT2D eigenvalue weighted by molar-refractivity contribution is -0.121. The first-order valence-electron chi connectivity index (χ1n) is 8.28. The van der Waals surface area contributed by atoms with E-state index in [-0.39, 0.29) is 11.8 Å². The van der Waals surface area contributed by atoms with Crippen molar-refractivity contribution >= 4 is 40.8 Å². The smallest absolute Gasteiger partial charge is 0.321 e. The lowest BCUT2D eigenvalue weighted by Gasteiger charge is -2.28. The summed E-state index contributed by atoms with van der Waals surface area (Å²) in [5, 5.41) is 15.7. The van der Waals surface area contributed by atoms with E-state index >= 15 is 0 Å². The molecule has 1 unspecified atom stereocenters. The first-order chi connectivity index (χ1) is 12.9. The molecule has 0 saturated carbocycles. The second kappa shape index (κ2) is 6.54. The molecule has 2 atom stereocenters. The number of urea groups is 1. The molecule has 2 heterocycles. The van der Waals surface area contributed by atoms with Crippen LogP contribution >= 0.6 is 23.2 Å². The molecule has 136 valence electrons. The highest BCUT2D eigenvalue weighted by molar-refractivity contribution is 6.35. The second-order valence-corrected chi connectivity index (χ2v) is 7.46. The van der Waals surface area contributed by atoms with Crippen LogP contribution in [-0.2, 0) is 4.79 Å². The molecular formula is C19H14Cl2N4O2. The van der Waals surface area contributed by atoms with Gasteiger partial charge in [0, 0.05) is 29.1 Å². The van der Waals surface area contributed by atoms with Crippen LogP contribution in [0.4, 0.5) is 10.5 Å². The van der Waals surface area contributed by atoms with Crippen LogP contribution in [0.2, 0.25) is 10.0 Å². The topological polar surface area (TPSA) is 85.2 Å². The van der Waals surface area contributed by atoms with Crippen LogP contribution in [-0.4, -0.2) is 30.6 Å². The first kappa shape index (κ1) is 17.8. The molecule has 0 bridgehead atoms. The normalized spacial score (nSPS) is 24.3. The maximum atomic E-state index is 13.3. The highest BCUT2D eigenvalue weighted by Gasteiger charge is 2.58. The van der Waals surface area contributed by atoms with Gasteiger partial charge in [-0.3, -0.25) is 4.79 Å². The van der Waals surface area contributed by atoms with Crippen molar-refractivity contribution < 1.29 is 9.59 Å². The molecule has 2 fully saturated rings.